The van der Waals surface area contributed by atoms with Gasteiger partial charge in [0.15, 0.2) is 0 Å². The molecule has 0 atom stereocenters. The van der Waals surface area contributed by atoms with Gasteiger partial charge < -0.3 is 10.0 Å². The minimum absolute atomic E-state index is 0.293. The smallest absolute Gasteiger partial charge is 0.147 e. The van der Waals surface area contributed by atoms with Crippen molar-refractivity contribution in [1.29, 1.82) is 0 Å². The summed E-state index contributed by atoms with van der Waals surface area (Å²) in [5.41, 5.74) is 8.17. The Morgan fingerprint density at radius 3 is 2.23 bits per heavy atom. The zero-order valence-electron chi connectivity index (χ0n) is 19.0. The van der Waals surface area contributed by atoms with Crippen LogP contribution in [-0.2, 0) is 0 Å². The molecule has 0 unspecified atom stereocenters. The maximum Gasteiger partial charge on any atom is 0.147 e. The number of hydrogen-bond acceptors (Lipinski definition) is 3. The minimum Gasteiger partial charge on any atom is -0.396 e. The SMILES string of the molecule is Cc1cc(N2CCC(CO)CC2)c2c(C)c(C)n(-c3c(Br)cc(C(C)C)cc3Br)c2n1. The van der Waals surface area contributed by atoms with Crippen molar-refractivity contribution in [3.63, 3.8) is 0 Å². The standard InChI is InChI=1S/C25H31Br2N3O/c1-14(2)19-11-20(26)24(21(27)12-19)30-17(5)16(4)23-22(10-15(3)28-25(23)30)29-8-6-18(13-31)7-9-29/h10-12,14,18,31H,6-9,13H2,1-5H3. The van der Waals surface area contributed by atoms with Crippen LogP contribution in [0.1, 0.15) is 55.1 Å². The lowest BCUT2D eigenvalue weighted by atomic mass is 9.97. The van der Waals surface area contributed by atoms with E-state index < -0.39 is 0 Å². The van der Waals surface area contributed by atoms with E-state index in [9.17, 15) is 5.11 Å². The van der Waals surface area contributed by atoms with Gasteiger partial charge in [0.2, 0.25) is 0 Å². The van der Waals surface area contributed by atoms with E-state index in [0.717, 1.165) is 51.9 Å². The maximum absolute atomic E-state index is 9.54. The molecule has 1 N–H and O–H groups in total. The molecule has 1 saturated heterocycles. The number of aliphatic hydroxyl groups is 1. The summed E-state index contributed by atoms with van der Waals surface area (Å²) in [6.07, 6.45) is 2.07. The van der Waals surface area contributed by atoms with Crippen LogP contribution in [0.15, 0.2) is 27.1 Å². The van der Waals surface area contributed by atoms with Crippen LogP contribution in [0.25, 0.3) is 16.7 Å². The molecule has 0 spiro atoms. The van der Waals surface area contributed by atoms with E-state index in [0.29, 0.717) is 18.4 Å². The summed E-state index contributed by atoms with van der Waals surface area (Å²) in [5.74, 6) is 0.883. The van der Waals surface area contributed by atoms with Gasteiger partial charge in [-0.3, -0.25) is 4.57 Å². The number of rotatable bonds is 4. The Kier molecular flexibility index (Phi) is 6.53. The van der Waals surface area contributed by atoms with Gasteiger partial charge in [0.05, 0.1) is 5.69 Å². The molecule has 4 nitrogen and oxygen atoms in total. The fourth-order valence-corrected chi connectivity index (χ4v) is 6.26. The zero-order valence-corrected chi connectivity index (χ0v) is 22.1. The topological polar surface area (TPSA) is 41.3 Å². The Morgan fingerprint density at radius 2 is 1.68 bits per heavy atom. The predicted molar refractivity (Wildman–Crippen MR) is 137 cm³/mol. The van der Waals surface area contributed by atoms with Crippen molar-refractivity contribution in [1.82, 2.24) is 9.55 Å². The molecule has 2 aromatic heterocycles. The second-order valence-electron chi connectivity index (χ2n) is 9.13. The molecular weight excluding hydrogens is 518 g/mol. The van der Waals surface area contributed by atoms with Gasteiger partial charge in [-0.25, -0.2) is 4.98 Å². The van der Waals surface area contributed by atoms with E-state index in [-0.39, 0.29) is 0 Å². The Morgan fingerprint density at radius 1 is 1.06 bits per heavy atom. The highest BCUT2D eigenvalue weighted by molar-refractivity contribution is 9.11. The first-order valence-electron chi connectivity index (χ1n) is 11.1. The molecule has 4 rings (SSSR count). The van der Waals surface area contributed by atoms with Crippen molar-refractivity contribution in [3.05, 3.63) is 49.7 Å². The number of fused-ring (bicyclic) bond motifs is 1. The summed E-state index contributed by atoms with van der Waals surface area (Å²) in [5, 5.41) is 10.8. The van der Waals surface area contributed by atoms with Gasteiger partial charge >= 0.3 is 0 Å². The third-order valence-corrected chi connectivity index (χ3v) is 7.92. The van der Waals surface area contributed by atoms with Gasteiger partial charge in [0, 0.05) is 51.1 Å². The summed E-state index contributed by atoms with van der Waals surface area (Å²) in [6.45, 7) is 13.1. The molecular formula is C25H31Br2N3O. The first-order valence-corrected chi connectivity index (χ1v) is 12.7. The molecule has 31 heavy (non-hydrogen) atoms. The minimum atomic E-state index is 0.293. The average Bonchev–Trinajstić information content (AvgIpc) is 2.97. The van der Waals surface area contributed by atoms with E-state index in [4.69, 9.17) is 4.98 Å². The van der Waals surface area contributed by atoms with E-state index >= 15 is 0 Å². The molecule has 0 radical (unpaired) electrons. The summed E-state index contributed by atoms with van der Waals surface area (Å²) < 4.78 is 4.43. The lowest BCUT2D eigenvalue weighted by Crippen LogP contribution is -2.35. The highest BCUT2D eigenvalue weighted by atomic mass is 79.9. The first-order chi connectivity index (χ1) is 14.7. The average molecular weight is 549 g/mol. The quantitative estimate of drug-likeness (QED) is 0.389. The molecule has 6 heteroatoms. The summed E-state index contributed by atoms with van der Waals surface area (Å²) in [7, 11) is 0. The summed E-state index contributed by atoms with van der Waals surface area (Å²) >= 11 is 7.70. The third kappa shape index (κ3) is 4.07. The molecule has 3 aromatic rings. The largest absolute Gasteiger partial charge is 0.396 e. The molecule has 1 aromatic carbocycles. The lowest BCUT2D eigenvalue weighted by Gasteiger charge is -2.33. The van der Waals surface area contributed by atoms with Gasteiger partial charge in [0.25, 0.3) is 0 Å². The van der Waals surface area contributed by atoms with E-state index in [2.05, 4.69) is 94.1 Å². The fraction of sp³-hybridized carbons (Fsp3) is 0.480. The molecule has 0 amide bonds. The number of aryl methyl sites for hydroxylation is 2. The van der Waals surface area contributed by atoms with E-state index in [1.807, 2.05) is 0 Å². The summed E-state index contributed by atoms with van der Waals surface area (Å²) in [4.78, 5) is 7.49. The number of anilines is 1. The number of nitrogens with zero attached hydrogens (tertiary/aromatic N) is 3. The number of piperidine rings is 1. The van der Waals surface area contributed by atoms with Crippen LogP contribution in [0.3, 0.4) is 0 Å². The highest BCUT2D eigenvalue weighted by Gasteiger charge is 2.25. The molecule has 1 aliphatic heterocycles. The Bertz CT molecular complexity index is 1100. The van der Waals surface area contributed by atoms with Crippen LogP contribution in [0.5, 0.6) is 0 Å². The number of hydrogen-bond donors (Lipinski definition) is 1. The van der Waals surface area contributed by atoms with Crippen molar-refractivity contribution in [2.45, 2.75) is 53.4 Å². The van der Waals surface area contributed by atoms with Crippen molar-refractivity contribution in [2.24, 2.45) is 5.92 Å². The Labute approximate surface area is 201 Å². The monoisotopic (exact) mass is 547 g/mol. The van der Waals surface area contributed by atoms with Crippen LogP contribution in [0.2, 0.25) is 0 Å². The highest BCUT2D eigenvalue weighted by Crippen LogP contribution is 2.41. The van der Waals surface area contributed by atoms with E-state index in [1.165, 1.54) is 27.9 Å². The Hall–Kier alpha value is -1.37. The van der Waals surface area contributed by atoms with Crippen molar-refractivity contribution < 1.29 is 5.11 Å². The molecule has 166 valence electrons. The second-order valence-corrected chi connectivity index (χ2v) is 10.8. The van der Waals surface area contributed by atoms with Crippen LogP contribution in [0, 0.1) is 26.7 Å². The fourth-order valence-electron chi connectivity index (χ4n) is 4.68. The number of aromatic nitrogens is 2. The Balaban J connectivity index is 1.92. The van der Waals surface area contributed by atoms with Gasteiger partial charge in [0.1, 0.15) is 5.65 Å². The van der Waals surface area contributed by atoms with Gasteiger partial charge in [-0.05, 0) is 107 Å². The molecule has 1 fully saturated rings. The van der Waals surface area contributed by atoms with Crippen LogP contribution in [-0.4, -0.2) is 34.4 Å². The third-order valence-electron chi connectivity index (χ3n) is 6.72. The van der Waals surface area contributed by atoms with Gasteiger partial charge in [-0.15, -0.1) is 0 Å². The van der Waals surface area contributed by atoms with Crippen molar-refractivity contribution in [2.75, 3.05) is 24.6 Å². The van der Waals surface area contributed by atoms with Gasteiger partial charge in [-0.2, -0.15) is 0 Å². The number of halogens is 2. The zero-order chi connectivity index (χ0) is 22.4. The normalized spacial score (nSPS) is 15.5. The van der Waals surface area contributed by atoms with Crippen molar-refractivity contribution >= 4 is 48.6 Å². The van der Waals surface area contributed by atoms with Crippen LogP contribution in [0.4, 0.5) is 5.69 Å². The maximum atomic E-state index is 9.54. The van der Waals surface area contributed by atoms with Crippen LogP contribution < -0.4 is 4.90 Å². The molecule has 1 aliphatic rings. The first kappa shape index (κ1) is 22.8. The van der Waals surface area contributed by atoms with Crippen molar-refractivity contribution in [3.8, 4) is 5.69 Å². The summed E-state index contributed by atoms with van der Waals surface area (Å²) in [6, 6.07) is 6.67. The number of pyridine rings is 1. The molecule has 0 aliphatic carbocycles. The lowest BCUT2D eigenvalue weighted by molar-refractivity contribution is 0.203. The predicted octanol–water partition coefficient (Wildman–Crippen LogP) is 6.81. The van der Waals surface area contributed by atoms with Crippen LogP contribution >= 0.6 is 31.9 Å². The second kappa shape index (κ2) is 8.87. The molecule has 3 heterocycles. The molecule has 0 saturated carbocycles. The van der Waals surface area contributed by atoms with Gasteiger partial charge in [-0.1, -0.05) is 13.8 Å². The van der Waals surface area contributed by atoms with E-state index in [1.54, 1.807) is 0 Å². The number of benzene rings is 1. The number of aliphatic hydroxyl groups excluding tert-OH is 1. The molecule has 0 bridgehead atoms.